The molecule has 0 saturated heterocycles. The number of carbonyl (C=O) groups is 1. The zero-order chi connectivity index (χ0) is 11.5. The van der Waals surface area contributed by atoms with E-state index in [1.54, 1.807) is 0 Å². The van der Waals surface area contributed by atoms with Crippen molar-refractivity contribution < 1.29 is 15.0 Å². The van der Waals surface area contributed by atoms with Crippen molar-refractivity contribution in [2.75, 3.05) is 5.32 Å². The number of rotatable bonds is 2. The number of benzene rings is 1. The number of anilines is 1. The zero-order valence-electron chi connectivity index (χ0n) is 7.78. The largest absolute Gasteiger partial charge is 0.507 e. The Kier molecular flexibility index (Phi) is 2.64. The van der Waals surface area contributed by atoms with Gasteiger partial charge in [-0.3, -0.25) is 10.1 Å². The fourth-order valence-electron chi connectivity index (χ4n) is 1.10. The summed E-state index contributed by atoms with van der Waals surface area (Å²) in [5.74, 6) is -1.29. The van der Waals surface area contributed by atoms with Gasteiger partial charge in [-0.2, -0.15) is 0 Å². The summed E-state index contributed by atoms with van der Waals surface area (Å²) < 4.78 is 3.45. The molecule has 0 unspecified atom stereocenters. The average Bonchev–Trinajstić information content (AvgIpc) is 2.70. The third-order valence-corrected chi connectivity index (χ3v) is 2.28. The number of carbonyl (C=O) groups excluding carboxylic acids is 1. The molecule has 2 aromatic rings. The Morgan fingerprint density at radius 3 is 2.56 bits per heavy atom. The van der Waals surface area contributed by atoms with Gasteiger partial charge in [-0.15, -0.1) is 0 Å². The van der Waals surface area contributed by atoms with Crippen molar-refractivity contribution in [3.63, 3.8) is 0 Å². The van der Waals surface area contributed by atoms with Gasteiger partial charge >= 0.3 is 0 Å². The molecule has 0 spiro atoms. The predicted octanol–water partition coefficient (Wildman–Crippen LogP) is 0.597. The van der Waals surface area contributed by atoms with E-state index < -0.39 is 5.91 Å². The molecule has 0 fully saturated rings. The molecule has 0 aliphatic carbocycles. The summed E-state index contributed by atoms with van der Waals surface area (Å²) >= 11 is 0.890. The molecule has 0 bridgehead atoms. The van der Waals surface area contributed by atoms with Gasteiger partial charge in [0.1, 0.15) is 17.1 Å². The van der Waals surface area contributed by atoms with E-state index in [-0.39, 0.29) is 22.2 Å². The normalized spacial score (nSPS) is 10.0. The number of aromatic hydroxyl groups is 2. The van der Waals surface area contributed by atoms with Crippen LogP contribution < -0.4 is 5.32 Å². The van der Waals surface area contributed by atoms with Gasteiger partial charge in [0.15, 0.2) is 0 Å². The van der Waals surface area contributed by atoms with E-state index in [4.69, 9.17) is 0 Å². The van der Waals surface area contributed by atoms with Crippen molar-refractivity contribution >= 4 is 22.6 Å². The molecule has 16 heavy (non-hydrogen) atoms. The van der Waals surface area contributed by atoms with Crippen LogP contribution in [-0.4, -0.2) is 30.9 Å². The molecule has 0 aliphatic heterocycles. The first-order chi connectivity index (χ1) is 7.68. The molecule has 7 nitrogen and oxygen atoms in total. The van der Waals surface area contributed by atoms with E-state index in [9.17, 15) is 15.0 Å². The monoisotopic (exact) mass is 238 g/mol. The second-order valence-electron chi connectivity index (χ2n) is 2.79. The van der Waals surface area contributed by atoms with Crippen LogP contribution >= 0.6 is 11.5 Å². The van der Waals surface area contributed by atoms with Crippen LogP contribution in [0.25, 0.3) is 0 Å². The summed E-state index contributed by atoms with van der Waals surface area (Å²) in [6, 6.07) is 4.02. The molecule has 3 N–H and O–H groups in total. The van der Waals surface area contributed by atoms with Crippen molar-refractivity contribution in [3.8, 4) is 11.5 Å². The van der Waals surface area contributed by atoms with Crippen LogP contribution in [0.15, 0.2) is 18.2 Å². The zero-order valence-corrected chi connectivity index (χ0v) is 8.60. The maximum Gasteiger partial charge on any atom is 0.265 e. The summed E-state index contributed by atoms with van der Waals surface area (Å²) in [6.45, 7) is 0. The lowest BCUT2D eigenvalue weighted by Gasteiger charge is -2.05. The van der Waals surface area contributed by atoms with Crippen LogP contribution in [0.1, 0.15) is 10.4 Å². The van der Waals surface area contributed by atoms with Crippen LogP contribution in [0.4, 0.5) is 5.13 Å². The highest BCUT2D eigenvalue weighted by Gasteiger charge is 2.17. The minimum Gasteiger partial charge on any atom is -0.507 e. The summed E-state index contributed by atoms with van der Waals surface area (Å²) in [5.41, 5.74) is -0.210. The van der Waals surface area contributed by atoms with Gasteiger partial charge < -0.3 is 10.2 Å². The standard InChI is InChI=1S/C8H6N4O3S/c13-4-2-1-3-5(14)6(4)7(15)9-8-10-11-12-16-8/h1-3,13-14H,(H,9,10,12,15). The van der Waals surface area contributed by atoms with Crippen LogP contribution in [-0.2, 0) is 0 Å². The van der Waals surface area contributed by atoms with Crippen LogP contribution in [0.2, 0.25) is 0 Å². The van der Waals surface area contributed by atoms with Crippen molar-refractivity contribution in [1.82, 2.24) is 14.8 Å². The molecule has 82 valence electrons. The third kappa shape index (κ3) is 1.91. The van der Waals surface area contributed by atoms with Crippen LogP contribution in [0.5, 0.6) is 11.5 Å². The summed E-state index contributed by atoms with van der Waals surface area (Å²) in [7, 11) is 0. The van der Waals surface area contributed by atoms with Crippen molar-refractivity contribution in [2.24, 2.45) is 0 Å². The number of phenols is 2. The first-order valence-corrected chi connectivity index (χ1v) is 4.93. The van der Waals surface area contributed by atoms with Crippen LogP contribution in [0.3, 0.4) is 0 Å². The van der Waals surface area contributed by atoms with E-state index in [1.165, 1.54) is 18.2 Å². The third-order valence-electron chi connectivity index (χ3n) is 1.77. The highest BCUT2D eigenvalue weighted by atomic mass is 32.1. The molecule has 1 heterocycles. The van der Waals surface area contributed by atoms with Gasteiger partial charge in [-0.05, 0) is 17.3 Å². The molecule has 1 aromatic heterocycles. The Morgan fingerprint density at radius 1 is 1.31 bits per heavy atom. The SMILES string of the molecule is O=C(Nc1nnns1)c1c(O)cccc1O. The molecule has 0 radical (unpaired) electrons. The number of amides is 1. The highest BCUT2D eigenvalue weighted by Crippen LogP contribution is 2.26. The molecule has 0 aliphatic rings. The maximum atomic E-state index is 11.6. The molecule has 0 saturated carbocycles. The van der Waals surface area contributed by atoms with Gasteiger partial charge in [0.05, 0.1) is 0 Å². The Labute approximate surface area is 93.5 Å². The number of phenolic OH excluding ortho intramolecular Hbond substituents is 2. The van der Waals surface area contributed by atoms with Crippen molar-refractivity contribution in [3.05, 3.63) is 23.8 Å². The molecule has 1 aromatic carbocycles. The van der Waals surface area contributed by atoms with E-state index in [1.807, 2.05) is 0 Å². The second-order valence-corrected chi connectivity index (χ2v) is 3.53. The molecule has 1 amide bonds. The molecular weight excluding hydrogens is 232 g/mol. The summed E-state index contributed by atoms with van der Waals surface area (Å²) in [4.78, 5) is 11.6. The number of aromatic nitrogens is 3. The smallest absolute Gasteiger partial charge is 0.265 e. The van der Waals surface area contributed by atoms with Crippen molar-refractivity contribution in [1.29, 1.82) is 0 Å². The van der Waals surface area contributed by atoms with Crippen LogP contribution in [0, 0.1) is 0 Å². The molecule has 2 rings (SSSR count). The molecular formula is C8H6N4O3S. The predicted molar refractivity (Wildman–Crippen MR) is 55.4 cm³/mol. The second kappa shape index (κ2) is 4.11. The van der Waals surface area contributed by atoms with Gasteiger partial charge in [0, 0.05) is 11.5 Å². The van der Waals surface area contributed by atoms with Gasteiger partial charge in [-0.1, -0.05) is 15.7 Å². The minimum absolute atomic E-state index is 0.188. The maximum absolute atomic E-state index is 11.6. The Hall–Kier alpha value is -2.22. The Balaban J connectivity index is 2.28. The Bertz CT molecular complexity index is 494. The summed E-state index contributed by atoms with van der Waals surface area (Å²) in [6.07, 6.45) is 0. The molecule has 0 atom stereocenters. The first kappa shape index (κ1) is 10.3. The highest BCUT2D eigenvalue weighted by molar-refractivity contribution is 7.09. The van der Waals surface area contributed by atoms with E-state index in [0.29, 0.717) is 0 Å². The lowest BCUT2D eigenvalue weighted by atomic mass is 10.1. The first-order valence-electron chi connectivity index (χ1n) is 4.16. The van der Waals surface area contributed by atoms with Gasteiger partial charge in [-0.25, -0.2) is 0 Å². The lowest BCUT2D eigenvalue weighted by molar-refractivity contribution is 0.102. The van der Waals surface area contributed by atoms with Crippen molar-refractivity contribution in [2.45, 2.75) is 0 Å². The number of nitrogens with zero attached hydrogens (tertiary/aromatic N) is 3. The summed E-state index contributed by atoms with van der Waals surface area (Å²) in [5, 5.41) is 28.2. The number of hydrogen-bond acceptors (Lipinski definition) is 7. The quantitative estimate of drug-likeness (QED) is 0.706. The van der Waals surface area contributed by atoms with E-state index in [2.05, 4.69) is 20.1 Å². The van der Waals surface area contributed by atoms with Gasteiger partial charge in [0.2, 0.25) is 5.13 Å². The fraction of sp³-hybridized carbons (Fsp3) is 0. The topological polar surface area (TPSA) is 108 Å². The van der Waals surface area contributed by atoms with Gasteiger partial charge in [0.25, 0.3) is 5.91 Å². The van der Waals surface area contributed by atoms with E-state index in [0.717, 1.165) is 11.5 Å². The average molecular weight is 238 g/mol. The lowest BCUT2D eigenvalue weighted by Crippen LogP contribution is -2.12. The van der Waals surface area contributed by atoms with E-state index >= 15 is 0 Å². The minimum atomic E-state index is -0.672. The number of nitrogens with one attached hydrogen (secondary N) is 1. The molecule has 8 heteroatoms. The Morgan fingerprint density at radius 2 is 2.00 bits per heavy atom. The number of hydrogen-bond donors (Lipinski definition) is 3. The fourth-order valence-corrected chi connectivity index (χ4v) is 1.46.